The Kier molecular flexibility index (Phi) is 8.40. The lowest BCUT2D eigenvalue weighted by Crippen LogP contribution is -2.57. The molecule has 0 saturated carbocycles. The number of nitrogens with two attached hydrogens (primary N) is 4. The number of carboxylic acid groups (broad SMARTS) is 1. The number of rotatable bonds is 9. The molecule has 0 fully saturated rings. The average Bonchev–Trinajstić information content (AvgIpc) is 2.42. The molecule has 0 aliphatic carbocycles. The summed E-state index contributed by atoms with van der Waals surface area (Å²) < 4.78 is 0. The van der Waals surface area contributed by atoms with Gasteiger partial charge in [0.05, 0.1) is 6.04 Å². The van der Waals surface area contributed by atoms with Gasteiger partial charge in [0.2, 0.25) is 11.8 Å². The van der Waals surface area contributed by atoms with Crippen LogP contribution in [0.2, 0.25) is 0 Å². The minimum absolute atomic E-state index is 0.0800. The molecule has 0 aromatic heterocycles. The van der Waals surface area contributed by atoms with Gasteiger partial charge in [-0.3, -0.25) is 9.59 Å². The molecule has 0 aromatic carbocycles. The number of aliphatic carboxylic acids is 1. The maximum absolute atomic E-state index is 11.9. The molecular formula is C10H22N6O4. The molecule has 116 valence electrons. The lowest BCUT2D eigenvalue weighted by Gasteiger charge is -2.21. The lowest BCUT2D eigenvalue weighted by atomic mass is 10.1. The number of carbonyl (C=O) groups excluding carboxylic acids is 2. The van der Waals surface area contributed by atoms with Gasteiger partial charge >= 0.3 is 5.97 Å². The number of amides is 2. The molecule has 0 bridgehead atoms. The molecule has 0 aromatic rings. The molecule has 0 radical (unpaired) electrons. The zero-order valence-electron chi connectivity index (χ0n) is 11.0. The number of carbonyl (C=O) groups is 3. The molecular weight excluding hydrogens is 268 g/mol. The van der Waals surface area contributed by atoms with Crippen LogP contribution in [0.15, 0.2) is 0 Å². The van der Waals surface area contributed by atoms with Crippen LogP contribution in [0, 0.1) is 0 Å². The van der Waals surface area contributed by atoms with Crippen molar-refractivity contribution >= 4 is 17.8 Å². The first-order valence-corrected chi connectivity index (χ1v) is 6.06. The predicted molar refractivity (Wildman–Crippen MR) is 71.3 cm³/mol. The molecule has 0 heterocycles. The quantitative estimate of drug-likeness (QED) is 0.221. The van der Waals surface area contributed by atoms with Crippen molar-refractivity contribution in [3.63, 3.8) is 0 Å². The molecule has 3 atom stereocenters. The molecule has 0 aliphatic heterocycles. The number of hydrogen-bond acceptors (Lipinski definition) is 7. The van der Waals surface area contributed by atoms with Crippen molar-refractivity contribution in [2.45, 2.75) is 24.5 Å². The summed E-state index contributed by atoms with van der Waals surface area (Å²) in [5.41, 5.74) is 21.2. The molecule has 0 unspecified atom stereocenters. The maximum atomic E-state index is 11.9. The Morgan fingerprint density at radius 3 is 1.90 bits per heavy atom. The Bertz CT molecular complexity index is 351. The van der Waals surface area contributed by atoms with Gasteiger partial charge in [-0.25, -0.2) is 4.79 Å². The number of nitrogens with one attached hydrogen (secondary N) is 2. The van der Waals surface area contributed by atoms with Crippen LogP contribution >= 0.6 is 0 Å². The van der Waals surface area contributed by atoms with Crippen molar-refractivity contribution in [1.29, 1.82) is 0 Å². The molecule has 11 N–H and O–H groups in total. The highest BCUT2D eigenvalue weighted by molar-refractivity contribution is 5.91. The smallest absolute Gasteiger partial charge is 0.327 e. The highest BCUT2D eigenvalue weighted by atomic mass is 16.4. The molecule has 10 nitrogen and oxygen atoms in total. The summed E-state index contributed by atoms with van der Waals surface area (Å²) in [4.78, 5) is 34.2. The van der Waals surface area contributed by atoms with Gasteiger partial charge in [-0.1, -0.05) is 0 Å². The van der Waals surface area contributed by atoms with Gasteiger partial charge in [-0.2, -0.15) is 0 Å². The molecule has 0 saturated heterocycles. The van der Waals surface area contributed by atoms with Crippen LogP contribution in [0.3, 0.4) is 0 Å². The first-order chi connectivity index (χ1) is 9.37. The summed E-state index contributed by atoms with van der Waals surface area (Å²) >= 11 is 0. The molecule has 0 rings (SSSR count). The third-order valence-corrected chi connectivity index (χ3v) is 2.53. The van der Waals surface area contributed by atoms with E-state index in [1.54, 1.807) is 0 Å². The second-order valence-corrected chi connectivity index (χ2v) is 4.12. The van der Waals surface area contributed by atoms with E-state index in [2.05, 4.69) is 10.6 Å². The highest BCUT2D eigenvalue weighted by Crippen LogP contribution is 1.94. The van der Waals surface area contributed by atoms with Crippen molar-refractivity contribution in [3.05, 3.63) is 0 Å². The molecule has 0 aliphatic rings. The summed E-state index contributed by atoms with van der Waals surface area (Å²) in [6, 6.07) is -3.17. The Morgan fingerprint density at radius 2 is 1.50 bits per heavy atom. The van der Waals surface area contributed by atoms with E-state index < -0.39 is 35.9 Å². The van der Waals surface area contributed by atoms with Crippen molar-refractivity contribution in [3.8, 4) is 0 Å². The van der Waals surface area contributed by atoms with Crippen molar-refractivity contribution in [2.75, 3.05) is 19.6 Å². The van der Waals surface area contributed by atoms with E-state index in [1.807, 2.05) is 0 Å². The molecule has 0 spiro atoms. The van der Waals surface area contributed by atoms with Gasteiger partial charge in [-0.15, -0.1) is 0 Å². The molecule has 2 amide bonds. The van der Waals surface area contributed by atoms with Crippen LogP contribution in [0.5, 0.6) is 0 Å². The highest BCUT2D eigenvalue weighted by Gasteiger charge is 2.26. The fourth-order valence-corrected chi connectivity index (χ4v) is 1.32. The third kappa shape index (κ3) is 5.93. The van der Waals surface area contributed by atoms with Crippen LogP contribution in [0.4, 0.5) is 0 Å². The summed E-state index contributed by atoms with van der Waals surface area (Å²) in [6.45, 7) is -0.230. The van der Waals surface area contributed by atoms with Gasteiger partial charge in [0.1, 0.15) is 12.1 Å². The Labute approximate surface area is 116 Å². The van der Waals surface area contributed by atoms with Crippen LogP contribution in [-0.2, 0) is 14.4 Å². The van der Waals surface area contributed by atoms with Crippen molar-refractivity contribution in [2.24, 2.45) is 22.9 Å². The van der Waals surface area contributed by atoms with E-state index in [0.29, 0.717) is 0 Å². The topological polar surface area (TPSA) is 200 Å². The van der Waals surface area contributed by atoms with Crippen LogP contribution in [0.1, 0.15) is 6.42 Å². The first kappa shape index (κ1) is 18.2. The predicted octanol–water partition coefficient (Wildman–Crippen LogP) is -4.37. The SMILES string of the molecule is NCC[C@H](NC(=O)[C@@H](N)CN)C(=O)N[C@@H](CN)C(=O)O. The van der Waals surface area contributed by atoms with E-state index in [0.717, 1.165) is 0 Å². The molecule has 20 heavy (non-hydrogen) atoms. The van der Waals surface area contributed by atoms with E-state index in [9.17, 15) is 14.4 Å². The van der Waals surface area contributed by atoms with E-state index in [1.165, 1.54) is 0 Å². The van der Waals surface area contributed by atoms with Gasteiger partial charge in [0.15, 0.2) is 0 Å². The average molecular weight is 290 g/mol. The summed E-state index contributed by atoms with van der Waals surface area (Å²) in [7, 11) is 0. The van der Waals surface area contributed by atoms with Crippen molar-refractivity contribution in [1.82, 2.24) is 10.6 Å². The standard InChI is InChI=1S/C10H22N6O4/c11-2-1-6(15-8(17)5(14)3-12)9(18)16-7(4-13)10(19)20/h5-7H,1-4,11-14H2,(H,15,17)(H,16,18)(H,19,20)/t5-,6-,7-/m0/s1. The Balaban J connectivity index is 4.69. The molecule has 10 heteroatoms. The van der Waals surface area contributed by atoms with Crippen LogP contribution in [-0.4, -0.2) is 60.6 Å². The summed E-state index contributed by atoms with van der Waals surface area (Å²) in [5.74, 6) is -2.57. The third-order valence-electron chi connectivity index (χ3n) is 2.53. The summed E-state index contributed by atoms with van der Waals surface area (Å²) in [6.07, 6.45) is 0.131. The van der Waals surface area contributed by atoms with Crippen LogP contribution < -0.4 is 33.6 Å². The number of hydrogen-bond donors (Lipinski definition) is 7. The monoisotopic (exact) mass is 290 g/mol. The summed E-state index contributed by atoms with van der Waals surface area (Å²) in [5, 5.41) is 13.4. The maximum Gasteiger partial charge on any atom is 0.327 e. The largest absolute Gasteiger partial charge is 0.480 e. The first-order valence-electron chi connectivity index (χ1n) is 6.06. The Hall–Kier alpha value is -1.75. The van der Waals surface area contributed by atoms with Crippen molar-refractivity contribution < 1.29 is 19.5 Å². The minimum Gasteiger partial charge on any atom is -0.480 e. The van der Waals surface area contributed by atoms with Gasteiger partial charge < -0.3 is 38.7 Å². The van der Waals surface area contributed by atoms with Crippen LogP contribution in [0.25, 0.3) is 0 Å². The van der Waals surface area contributed by atoms with E-state index >= 15 is 0 Å². The zero-order chi connectivity index (χ0) is 15.7. The lowest BCUT2D eigenvalue weighted by molar-refractivity contribution is -0.142. The fraction of sp³-hybridized carbons (Fsp3) is 0.700. The van der Waals surface area contributed by atoms with E-state index in [-0.39, 0.29) is 26.1 Å². The van der Waals surface area contributed by atoms with Gasteiger partial charge in [0.25, 0.3) is 0 Å². The van der Waals surface area contributed by atoms with Gasteiger partial charge in [-0.05, 0) is 13.0 Å². The van der Waals surface area contributed by atoms with Gasteiger partial charge in [0, 0.05) is 13.1 Å². The second kappa shape index (κ2) is 9.20. The Morgan fingerprint density at radius 1 is 0.950 bits per heavy atom. The zero-order valence-corrected chi connectivity index (χ0v) is 11.0. The van der Waals surface area contributed by atoms with E-state index in [4.69, 9.17) is 28.0 Å². The fourth-order valence-electron chi connectivity index (χ4n) is 1.32. The second-order valence-electron chi connectivity index (χ2n) is 4.12. The minimum atomic E-state index is -1.27. The number of carboxylic acids is 1. The normalized spacial score (nSPS) is 15.0.